The fourth-order valence-corrected chi connectivity index (χ4v) is 6.14. The number of hydrogen-bond acceptors (Lipinski definition) is 7. The van der Waals surface area contributed by atoms with Crippen LogP contribution in [0.2, 0.25) is 0 Å². The molecular formula is C48H53N5O6. The Morgan fingerprint density at radius 3 is 1.76 bits per heavy atom. The van der Waals surface area contributed by atoms with Crippen LogP contribution in [0.15, 0.2) is 140 Å². The second-order valence-electron chi connectivity index (χ2n) is 14.0. The van der Waals surface area contributed by atoms with Crippen LogP contribution in [-0.4, -0.2) is 74.5 Å². The number of likely N-dealkylation sites (N-methyl/N-ethyl adjacent to an activating group) is 1. The van der Waals surface area contributed by atoms with E-state index in [1.54, 1.807) is 31.3 Å². The number of rotatable bonds is 20. The van der Waals surface area contributed by atoms with E-state index in [-0.39, 0.29) is 44.2 Å². The first-order valence-electron chi connectivity index (χ1n) is 19.7. The van der Waals surface area contributed by atoms with Crippen LogP contribution in [0.25, 0.3) is 11.1 Å². The first kappa shape index (κ1) is 45.0. The van der Waals surface area contributed by atoms with Gasteiger partial charge in [-0.05, 0) is 73.2 Å². The fraction of sp³-hybridized carbons (Fsp3) is 0.250. The van der Waals surface area contributed by atoms with Gasteiger partial charge in [-0.15, -0.1) is 0 Å². The van der Waals surface area contributed by atoms with Crippen LogP contribution >= 0.6 is 0 Å². The Morgan fingerprint density at radius 1 is 0.593 bits per heavy atom. The third-order valence-electron chi connectivity index (χ3n) is 9.46. The van der Waals surface area contributed by atoms with Gasteiger partial charge in [-0.3, -0.25) is 19.2 Å². The van der Waals surface area contributed by atoms with Crippen molar-refractivity contribution < 1.29 is 28.8 Å². The summed E-state index contributed by atoms with van der Waals surface area (Å²) in [5, 5.41) is 13.7. The van der Waals surface area contributed by atoms with E-state index in [2.05, 4.69) is 82.0 Å². The topological polar surface area (TPSA) is 163 Å². The van der Waals surface area contributed by atoms with Crippen molar-refractivity contribution in [1.29, 1.82) is 0 Å². The largest absolute Gasteiger partial charge is 0.352 e. The van der Waals surface area contributed by atoms with Gasteiger partial charge in [-0.2, -0.15) is 0 Å². The maximum absolute atomic E-state index is 13.4. The zero-order valence-electron chi connectivity index (χ0n) is 33.6. The minimum absolute atomic E-state index is 0.165. The Balaban J connectivity index is 0.000000496. The van der Waals surface area contributed by atoms with Gasteiger partial charge in [0, 0.05) is 24.9 Å². The van der Waals surface area contributed by atoms with Gasteiger partial charge in [0.05, 0.1) is 18.6 Å². The van der Waals surface area contributed by atoms with Gasteiger partial charge in [-0.1, -0.05) is 133 Å². The highest BCUT2D eigenvalue weighted by atomic mass is 16.2. The molecule has 11 nitrogen and oxygen atoms in total. The quantitative estimate of drug-likeness (QED) is 0.0550. The molecule has 0 fully saturated rings. The number of aldehydes is 2. The molecule has 0 spiro atoms. The van der Waals surface area contributed by atoms with Crippen LogP contribution < -0.4 is 26.6 Å². The molecule has 0 aliphatic rings. The molecule has 3 atom stereocenters. The van der Waals surface area contributed by atoms with E-state index in [4.69, 9.17) is 0 Å². The zero-order valence-corrected chi connectivity index (χ0v) is 33.6. The van der Waals surface area contributed by atoms with Crippen molar-refractivity contribution in [2.75, 3.05) is 20.1 Å². The van der Waals surface area contributed by atoms with E-state index in [0.29, 0.717) is 30.3 Å². The average molecular weight is 796 g/mol. The predicted molar refractivity (Wildman–Crippen MR) is 230 cm³/mol. The van der Waals surface area contributed by atoms with Crippen molar-refractivity contribution in [1.82, 2.24) is 26.6 Å². The van der Waals surface area contributed by atoms with Gasteiger partial charge < -0.3 is 36.2 Å². The summed E-state index contributed by atoms with van der Waals surface area (Å²) in [4.78, 5) is 73.6. The van der Waals surface area contributed by atoms with Crippen molar-refractivity contribution in [2.24, 2.45) is 0 Å². The summed E-state index contributed by atoms with van der Waals surface area (Å²) < 4.78 is 0. The van der Waals surface area contributed by atoms with Gasteiger partial charge in [0.2, 0.25) is 17.7 Å². The molecule has 0 aromatic heterocycles. The summed E-state index contributed by atoms with van der Waals surface area (Å²) in [6.07, 6.45) is 3.12. The summed E-state index contributed by atoms with van der Waals surface area (Å²) in [6.45, 7) is 2.02. The molecule has 0 aliphatic carbocycles. The second kappa shape index (κ2) is 24.8. The van der Waals surface area contributed by atoms with Crippen LogP contribution in [0.1, 0.15) is 45.5 Å². The van der Waals surface area contributed by atoms with Crippen molar-refractivity contribution in [3.8, 4) is 11.1 Å². The molecule has 0 radical (unpaired) electrons. The van der Waals surface area contributed by atoms with E-state index >= 15 is 0 Å². The highest BCUT2D eigenvalue weighted by molar-refractivity contribution is 5.94. The predicted octanol–water partition coefficient (Wildman–Crippen LogP) is 4.96. The van der Waals surface area contributed by atoms with Crippen molar-refractivity contribution in [2.45, 2.75) is 57.2 Å². The molecular weight excluding hydrogens is 743 g/mol. The van der Waals surface area contributed by atoms with Crippen molar-refractivity contribution in [3.05, 3.63) is 167 Å². The maximum atomic E-state index is 13.4. The van der Waals surface area contributed by atoms with Gasteiger partial charge in [0.15, 0.2) is 0 Å². The SMILES string of the molecule is CN[C@H](CCc1ccccc1)C(=O)NCC(=O)N[C@H](Cc1ccccc1)C(=O)N[C@H](C=O)Cc1ccc(C(=O)NCCC=O)cc1.Cc1ccc(-c2ccccc2)cc1. The maximum Gasteiger partial charge on any atom is 0.251 e. The summed E-state index contributed by atoms with van der Waals surface area (Å²) in [7, 11) is 1.68. The minimum Gasteiger partial charge on any atom is -0.352 e. The Bertz CT molecular complexity index is 2060. The summed E-state index contributed by atoms with van der Waals surface area (Å²) in [6, 6.07) is 42.1. The first-order chi connectivity index (χ1) is 28.7. The van der Waals surface area contributed by atoms with E-state index in [0.717, 1.165) is 17.4 Å². The van der Waals surface area contributed by atoms with Crippen LogP contribution in [0.4, 0.5) is 0 Å². The molecule has 0 heterocycles. The molecule has 5 rings (SSSR count). The number of aryl methyl sites for hydroxylation is 2. The lowest BCUT2D eigenvalue weighted by atomic mass is 10.0. The lowest BCUT2D eigenvalue weighted by Gasteiger charge is -2.22. The van der Waals surface area contributed by atoms with E-state index in [1.807, 2.05) is 66.7 Å². The molecule has 4 amide bonds. The third-order valence-corrected chi connectivity index (χ3v) is 9.46. The van der Waals surface area contributed by atoms with Crippen LogP contribution in [-0.2, 0) is 43.2 Å². The monoisotopic (exact) mass is 795 g/mol. The average Bonchev–Trinajstić information content (AvgIpc) is 3.27. The molecule has 306 valence electrons. The number of carbonyl (C=O) groups is 6. The molecule has 0 saturated carbocycles. The standard InChI is InChI=1S/C35H41N5O6.C13H12/c1-36-30(18-15-25-9-4-2-5-10-25)34(45)38-23-32(43)40-31(22-26-11-6-3-7-12-26)35(46)39-29(24-42)21-27-13-16-28(17-14-27)33(44)37-19-8-20-41;1-11-7-9-13(10-8-11)12-5-3-2-4-6-12/h2-7,9-14,16-17,20,24,29-31,36H,8,15,18-19,21-23H2,1H3,(H,37,44)(H,38,45)(H,39,46)(H,40,43);2-10H,1H3/t29-,30+,31+;/m0./s1. The normalized spacial score (nSPS) is 12.0. The molecule has 5 aromatic carbocycles. The Morgan fingerprint density at radius 2 is 1.17 bits per heavy atom. The van der Waals surface area contributed by atoms with Gasteiger partial charge in [-0.25, -0.2) is 0 Å². The lowest BCUT2D eigenvalue weighted by molar-refractivity contribution is -0.131. The fourth-order valence-electron chi connectivity index (χ4n) is 6.14. The van der Waals surface area contributed by atoms with Crippen LogP contribution in [0, 0.1) is 6.92 Å². The molecule has 0 saturated heterocycles. The molecule has 0 unspecified atom stereocenters. The summed E-state index contributed by atoms with van der Waals surface area (Å²) in [5.74, 6) is -1.75. The molecule has 5 aromatic rings. The first-order valence-corrected chi connectivity index (χ1v) is 19.7. The highest BCUT2D eigenvalue weighted by Gasteiger charge is 2.25. The summed E-state index contributed by atoms with van der Waals surface area (Å²) >= 11 is 0. The lowest BCUT2D eigenvalue weighted by Crippen LogP contribution is -2.54. The Labute approximate surface area is 346 Å². The van der Waals surface area contributed by atoms with Gasteiger partial charge in [0.25, 0.3) is 5.91 Å². The third kappa shape index (κ3) is 16.0. The van der Waals surface area contributed by atoms with Gasteiger partial charge in [0.1, 0.15) is 18.6 Å². The van der Waals surface area contributed by atoms with E-state index in [9.17, 15) is 28.8 Å². The second-order valence-corrected chi connectivity index (χ2v) is 14.0. The van der Waals surface area contributed by atoms with E-state index < -0.39 is 29.9 Å². The number of hydrogen-bond donors (Lipinski definition) is 5. The van der Waals surface area contributed by atoms with Crippen LogP contribution in [0.5, 0.6) is 0 Å². The Hall–Kier alpha value is -6.72. The molecule has 5 N–H and O–H groups in total. The highest BCUT2D eigenvalue weighted by Crippen LogP contribution is 2.18. The van der Waals surface area contributed by atoms with Crippen LogP contribution in [0.3, 0.4) is 0 Å². The summed E-state index contributed by atoms with van der Waals surface area (Å²) in [5.41, 5.74) is 6.88. The number of amides is 4. The van der Waals surface area contributed by atoms with Gasteiger partial charge >= 0.3 is 0 Å². The van der Waals surface area contributed by atoms with Crippen molar-refractivity contribution >= 4 is 36.2 Å². The molecule has 0 aliphatic heterocycles. The Kier molecular flexibility index (Phi) is 18.9. The number of benzene rings is 5. The zero-order chi connectivity index (χ0) is 42.2. The van der Waals surface area contributed by atoms with Crippen molar-refractivity contribution in [3.63, 3.8) is 0 Å². The number of nitrogens with one attached hydrogen (secondary N) is 5. The minimum atomic E-state index is -1.01. The molecule has 0 bridgehead atoms. The molecule has 11 heteroatoms. The number of carbonyl (C=O) groups excluding carboxylic acids is 6. The van der Waals surface area contributed by atoms with E-state index in [1.165, 1.54) is 16.7 Å². The smallest absolute Gasteiger partial charge is 0.251 e. The molecule has 59 heavy (non-hydrogen) atoms.